The highest BCUT2D eigenvalue weighted by atomic mass is 32.1. The van der Waals surface area contributed by atoms with Crippen molar-refractivity contribution in [3.05, 3.63) is 23.9 Å². The molecular formula is C19H29OS2. The van der Waals surface area contributed by atoms with Crippen molar-refractivity contribution < 1.29 is 4.74 Å². The summed E-state index contributed by atoms with van der Waals surface area (Å²) in [5.74, 6) is 0.634. The van der Waals surface area contributed by atoms with Crippen LogP contribution in [0.4, 0.5) is 0 Å². The smallest absolute Gasteiger partial charge is 0.175 e. The molecule has 0 aliphatic rings. The lowest BCUT2D eigenvalue weighted by atomic mass is 10.1. The molecule has 0 aromatic carbocycles. The molecule has 0 bridgehead atoms. The second-order valence-corrected chi connectivity index (χ2v) is 8.26. The summed E-state index contributed by atoms with van der Waals surface area (Å²) in [6, 6.07) is 4.57. The van der Waals surface area contributed by atoms with Crippen LogP contribution in [0.15, 0.2) is 12.1 Å². The molecule has 1 unspecified atom stereocenters. The number of rotatable bonds is 11. The molecule has 0 amide bonds. The highest BCUT2D eigenvalue weighted by Gasteiger charge is 2.12. The fraction of sp³-hybridized carbons (Fsp3) is 0.632. The third kappa shape index (κ3) is 5.27. The van der Waals surface area contributed by atoms with E-state index in [-0.39, 0.29) is 0 Å². The van der Waals surface area contributed by atoms with Gasteiger partial charge >= 0.3 is 0 Å². The Bertz CT molecular complexity index is 509. The highest BCUT2D eigenvalue weighted by Crippen LogP contribution is 2.40. The molecular weight excluding hydrogens is 308 g/mol. The minimum Gasteiger partial charge on any atom is -0.484 e. The van der Waals surface area contributed by atoms with Gasteiger partial charge in [-0.2, -0.15) is 0 Å². The summed E-state index contributed by atoms with van der Waals surface area (Å²) in [4.78, 5) is 1.49. The van der Waals surface area contributed by atoms with Crippen LogP contribution >= 0.6 is 22.7 Å². The van der Waals surface area contributed by atoms with Crippen LogP contribution < -0.4 is 4.74 Å². The van der Waals surface area contributed by atoms with Gasteiger partial charge in [-0.15, -0.1) is 11.3 Å². The van der Waals surface area contributed by atoms with Crippen molar-refractivity contribution in [2.45, 2.75) is 71.1 Å². The van der Waals surface area contributed by atoms with Crippen LogP contribution in [0.1, 0.15) is 76.0 Å². The van der Waals surface area contributed by atoms with Gasteiger partial charge in [-0.1, -0.05) is 70.6 Å². The van der Waals surface area contributed by atoms with E-state index in [1.807, 2.05) is 11.3 Å². The van der Waals surface area contributed by atoms with Gasteiger partial charge in [0.25, 0.3) is 0 Å². The second-order valence-electron chi connectivity index (χ2n) is 6.10. The lowest BCUT2D eigenvalue weighted by Gasteiger charge is -2.06. The summed E-state index contributed by atoms with van der Waals surface area (Å²) in [6.45, 7) is 9.39. The maximum Gasteiger partial charge on any atom is 0.175 e. The van der Waals surface area contributed by atoms with E-state index in [9.17, 15) is 0 Å². The molecule has 2 rings (SSSR count). The molecule has 0 fully saturated rings. The van der Waals surface area contributed by atoms with E-state index in [0.717, 1.165) is 18.1 Å². The Morgan fingerprint density at radius 1 is 1.05 bits per heavy atom. The van der Waals surface area contributed by atoms with Crippen molar-refractivity contribution in [2.75, 3.05) is 6.61 Å². The van der Waals surface area contributed by atoms with Crippen LogP contribution in [0.3, 0.4) is 0 Å². The minimum atomic E-state index is 0.634. The Balaban J connectivity index is 1.75. The van der Waals surface area contributed by atoms with E-state index in [0.29, 0.717) is 5.92 Å². The highest BCUT2D eigenvalue weighted by molar-refractivity contribution is 7.28. The third-order valence-corrected chi connectivity index (χ3v) is 6.51. The molecule has 0 aliphatic carbocycles. The van der Waals surface area contributed by atoms with Gasteiger partial charge in [-0.05, 0) is 24.8 Å². The zero-order valence-electron chi connectivity index (χ0n) is 14.0. The first-order chi connectivity index (χ1) is 10.7. The molecule has 123 valence electrons. The first-order valence-electron chi connectivity index (χ1n) is 8.70. The van der Waals surface area contributed by atoms with Crippen molar-refractivity contribution >= 4 is 32.1 Å². The predicted molar refractivity (Wildman–Crippen MR) is 102 cm³/mol. The Kier molecular flexibility index (Phi) is 7.74. The van der Waals surface area contributed by atoms with Crippen molar-refractivity contribution in [2.24, 2.45) is 0 Å². The van der Waals surface area contributed by atoms with Gasteiger partial charge in [0.1, 0.15) is 0 Å². The van der Waals surface area contributed by atoms with Crippen molar-refractivity contribution in [1.82, 2.24) is 0 Å². The van der Waals surface area contributed by atoms with E-state index in [1.165, 1.54) is 59.2 Å². The maximum atomic E-state index is 5.92. The first kappa shape index (κ1) is 17.8. The summed E-state index contributed by atoms with van der Waals surface area (Å²) in [5.41, 5.74) is 0. The first-order valence-corrected chi connectivity index (χ1v) is 10.3. The lowest BCUT2D eigenvalue weighted by Crippen LogP contribution is -1.95. The summed E-state index contributed by atoms with van der Waals surface area (Å²) in [6.07, 6.45) is 10.1. The average Bonchev–Trinajstić information content (AvgIpc) is 3.05. The molecule has 1 nitrogen and oxygen atoms in total. The Hall–Kier alpha value is -0.540. The van der Waals surface area contributed by atoms with Gasteiger partial charge in [0, 0.05) is 20.3 Å². The van der Waals surface area contributed by atoms with Gasteiger partial charge in [-0.3, -0.25) is 0 Å². The van der Waals surface area contributed by atoms with E-state index >= 15 is 0 Å². The molecule has 0 saturated carbocycles. The molecule has 0 aliphatic heterocycles. The van der Waals surface area contributed by atoms with Crippen molar-refractivity contribution in [3.63, 3.8) is 0 Å². The zero-order chi connectivity index (χ0) is 15.8. The van der Waals surface area contributed by atoms with E-state index in [1.54, 1.807) is 11.3 Å². The normalized spacial score (nSPS) is 12.9. The Morgan fingerprint density at radius 2 is 1.77 bits per heavy atom. The monoisotopic (exact) mass is 337 g/mol. The average molecular weight is 338 g/mol. The summed E-state index contributed by atoms with van der Waals surface area (Å²) >= 11 is 3.72. The fourth-order valence-electron chi connectivity index (χ4n) is 2.65. The molecule has 3 heteroatoms. The molecule has 2 aromatic heterocycles. The number of ether oxygens (including phenoxy) is 1. The summed E-state index contributed by atoms with van der Waals surface area (Å²) in [7, 11) is 0. The summed E-state index contributed by atoms with van der Waals surface area (Å²) in [5, 5.41) is 1.09. The molecule has 0 saturated heterocycles. The number of thiophene rings is 2. The Labute approximate surface area is 143 Å². The van der Waals surface area contributed by atoms with E-state index in [2.05, 4.69) is 32.9 Å². The van der Waals surface area contributed by atoms with Crippen LogP contribution in [-0.4, -0.2) is 6.61 Å². The van der Waals surface area contributed by atoms with Crippen LogP contribution in [0.25, 0.3) is 9.40 Å². The third-order valence-electron chi connectivity index (χ3n) is 4.07. The molecule has 1 atom stereocenters. The second kappa shape index (κ2) is 9.57. The standard InChI is InChI=1S/C19H29OS2/c1-4-6-7-8-9-10-12-20-19-14-18-17(22-19)13-16(21-18)15(3)11-5-2/h13-15H,2,4-12H2,1,3H3. The van der Waals surface area contributed by atoms with Crippen LogP contribution in [0.2, 0.25) is 0 Å². The van der Waals surface area contributed by atoms with Crippen LogP contribution in [-0.2, 0) is 0 Å². The molecule has 2 aromatic rings. The SMILES string of the molecule is [CH2]CCC(C)c1cc2sc(OCCCCCCCC)cc2s1. The number of unbranched alkanes of at least 4 members (excludes halogenated alkanes) is 5. The predicted octanol–water partition coefficient (Wildman–Crippen LogP) is 7.42. The number of hydrogen-bond acceptors (Lipinski definition) is 3. The largest absolute Gasteiger partial charge is 0.484 e. The lowest BCUT2D eigenvalue weighted by molar-refractivity contribution is 0.313. The number of hydrogen-bond donors (Lipinski definition) is 0. The van der Waals surface area contributed by atoms with E-state index in [4.69, 9.17) is 4.74 Å². The fourth-order valence-corrected chi connectivity index (χ4v) is 5.01. The molecule has 0 spiro atoms. The maximum absolute atomic E-state index is 5.92. The molecule has 22 heavy (non-hydrogen) atoms. The number of fused-ring (bicyclic) bond motifs is 1. The van der Waals surface area contributed by atoms with Gasteiger partial charge in [0.2, 0.25) is 0 Å². The van der Waals surface area contributed by atoms with Crippen molar-refractivity contribution in [3.8, 4) is 5.06 Å². The summed E-state index contributed by atoms with van der Waals surface area (Å²) < 4.78 is 8.69. The molecule has 2 heterocycles. The van der Waals surface area contributed by atoms with Gasteiger partial charge in [0.15, 0.2) is 5.06 Å². The van der Waals surface area contributed by atoms with Crippen LogP contribution in [0.5, 0.6) is 5.06 Å². The van der Waals surface area contributed by atoms with Crippen molar-refractivity contribution in [1.29, 1.82) is 0 Å². The van der Waals surface area contributed by atoms with E-state index < -0.39 is 0 Å². The van der Waals surface area contributed by atoms with Gasteiger partial charge in [0.05, 0.1) is 6.61 Å². The molecule has 0 N–H and O–H groups in total. The minimum absolute atomic E-state index is 0.634. The van der Waals surface area contributed by atoms with Gasteiger partial charge < -0.3 is 4.74 Å². The quantitative estimate of drug-likeness (QED) is 0.388. The topological polar surface area (TPSA) is 9.23 Å². The zero-order valence-corrected chi connectivity index (χ0v) is 15.7. The van der Waals surface area contributed by atoms with Crippen LogP contribution in [0, 0.1) is 6.92 Å². The molecule has 1 radical (unpaired) electrons. The van der Waals surface area contributed by atoms with Gasteiger partial charge in [-0.25, -0.2) is 0 Å². The Morgan fingerprint density at radius 3 is 2.50 bits per heavy atom.